The van der Waals surface area contributed by atoms with Gasteiger partial charge in [-0.25, -0.2) is 0 Å². The van der Waals surface area contributed by atoms with Gasteiger partial charge in [-0.05, 0) is 57.3 Å². The minimum atomic E-state index is 0.853. The van der Waals surface area contributed by atoms with Gasteiger partial charge in [0.1, 0.15) is 0 Å². The Morgan fingerprint density at radius 1 is 1.56 bits per heavy atom. The molecule has 0 aromatic carbocycles. The highest BCUT2D eigenvalue weighted by atomic mass is 15.1. The molecule has 0 radical (unpaired) electrons. The molecule has 0 amide bonds. The van der Waals surface area contributed by atoms with Gasteiger partial charge in [0, 0.05) is 6.54 Å². The van der Waals surface area contributed by atoms with Crippen LogP contribution in [0.15, 0.2) is 12.7 Å². The summed E-state index contributed by atoms with van der Waals surface area (Å²) in [5, 5.41) is 3.51. The molecule has 94 valence electrons. The van der Waals surface area contributed by atoms with Crippen LogP contribution in [0.1, 0.15) is 33.1 Å². The first-order valence-electron chi connectivity index (χ1n) is 6.81. The summed E-state index contributed by atoms with van der Waals surface area (Å²) < 4.78 is 0. The molecule has 0 aromatic heterocycles. The van der Waals surface area contributed by atoms with Gasteiger partial charge in [-0.1, -0.05) is 19.9 Å². The van der Waals surface area contributed by atoms with Gasteiger partial charge in [0.2, 0.25) is 0 Å². The van der Waals surface area contributed by atoms with Crippen molar-refractivity contribution in [3.05, 3.63) is 12.7 Å². The Hall–Kier alpha value is -0.340. The molecule has 0 aliphatic carbocycles. The van der Waals surface area contributed by atoms with Crippen LogP contribution in [0, 0.1) is 11.8 Å². The van der Waals surface area contributed by atoms with E-state index in [0.29, 0.717) is 0 Å². The van der Waals surface area contributed by atoms with Crippen LogP contribution in [-0.2, 0) is 0 Å². The zero-order chi connectivity index (χ0) is 11.8. The predicted octanol–water partition coefficient (Wildman–Crippen LogP) is 2.52. The molecule has 1 fully saturated rings. The number of piperidine rings is 1. The number of hydrogen-bond acceptors (Lipinski definition) is 2. The molecular formula is C14H28N2. The summed E-state index contributed by atoms with van der Waals surface area (Å²) in [4.78, 5) is 2.47. The maximum absolute atomic E-state index is 3.81. The van der Waals surface area contributed by atoms with Crippen LogP contribution < -0.4 is 5.32 Å². The number of likely N-dealkylation sites (N-methyl/N-ethyl adjacent to an activating group) is 1. The third-order valence-electron chi connectivity index (χ3n) is 3.87. The zero-order valence-electron chi connectivity index (χ0n) is 11.0. The van der Waals surface area contributed by atoms with E-state index in [0.717, 1.165) is 24.9 Å². The number of hydrogen-bond donors (Lipinski definition) is 1. The van der Waals surface area contributed by atoms with Crippen molar-refractivity contribution in [1.82, 2.24) is 10.2 Å². The number of nitrogens with zero attached hydrogens (tertiary/aromatic N) is 1. The molecule has 2 atom stereocenters. The molecule has 0 saturated carbocycles. The Morgan fingerprint density at radius 2 is 2.38 bits per heavy atom. The largest absolute Gasteiger partial charge is 0.316 e. The molecule has 2 heteroatoms. The van der Waals surface area contributed by atoms with E-state index in [1.54, 1.807) is 0 Å². The van der Waals surface area contributed by atoms with Crippen molar-refractivity contribution >= 4 is 0 Å². The van der Waals surface area contributed by atoms with Crippen molar-refractivity contribution in [2.75, 3.05) is 32.7 Å². The number of nitrogens with one attached hydrogen (secondary N) is 1. The van der Waals surface area contributed by atoms with Crippen LogP contribution in [0.3, 0.4) is 0 Å². The van der Waals surface area contributed by atoms with Crippen LogP contribution in [-0.4, -0.2) is 37.6 Å². The second-order valence-corrected chi connectivity index (χ2v) is 5.05. The van der Waals surface area contributed by atoms with Crippen molar-refractivity contribution in [2.45, 2.75) is 33.1 Å². The molecule has 2 unspecified atom stereocenters. The first-order valence-corrected chi connectivity index (χ1v) is 6.81. The summed E-state index contributed by atoms with van der Waals surface area (Å²) >= 11 is 0. The van der Waals surface area contributed by atoms with E-state index in [1.807, 2.05) is 6.08 Å². The van der Waals surface area contributed by atoms with Crippen LogP contribution in [0.4, 0.5) is 0 Å². The molecule has 1 aliphatic heterocycles. The lowest BCUT2D eigenvalue weighted by molar-refractivity contribution is 0.227. The molecule has 0 spiro atoms. The molecular weight excluding hydrogens is 196 g/mol. The Bertz CT molecular complexity index is 185. The van der Waals surface area contributed by atoms with E-state index in [1.165, 1.54) is 38.9 Å². The van der Waals surface area contributed by atoms with Crippen molar-refractivity contribution in [2.24, 2.45) is 11.8 Å². The van der Waals surface area contributed by atoms with Crippen molar-refractivity contribution in [3.8, 4) is 0 Å². The predicted molar refractivity (Wildman–Crippen MR) is 71.7 cm³/mol. The highest BCUT2D eigenvalue weighted by Crippen LogP contribution is 2.22. The van der Waals surface area contributed by atoms with E-state index in [2.05, 4.69) is 30.6 Å². The summed E-state index contributed by atoms with van der Waals surface area (Å²) in [6.45, 7) is 14.3. The van der Waals surface area contributed by atoms with Gasteiger partial charge in [-0.15, -0.1) is 6.58 Å². The summed E-state index contributed by atoms with van der Waals surface area (Å²) in [6, 6.07) is 0. The summed E-state index contributed by atoms with van der Waals surface area (Å²) in [6.07, 6.45) is 6.12. The van der Waals surface area contributed by atoms with E-state index in [4.69, 9.17) is 0 Å². The minimum absolute atomic E-state index is 0.853. The van der Waals surface area contributed by atoms with Gasteiger partial charge < -0.3 is 5.32 Å². The first kappa shape index (κ1) is 13.7. The topological polar surface area (TPSA) is 15.3 Å². The second kappa shape index (κ2) is 7.86. The van der Waals surface area contributed by atoms with Crippen molar-refractivity contribution < 1.29 is 0 Å². The average molecular weight is 224 g/mol. The molecule has 0 aromatic rings. The van der Waals surface area contributed by atoms with E-state index in [-0.39, 0.29) is 0 Å². The van der Waals surface area contributed by atoms with Crippen molar-refractivity contribution in [1.29, 1.82) is 0 Å². The van der Waals surface area contributed by atoms with E-state index >= 15 is 0 Å². The van der Waals surface area contributed by atoms with Crippen LogP contribution in [0.25, 0.3) is 0 Å². The van der Waals surface area contributed by atoms with Gasteiger partial charge in [0.25, 0.3) is 0 Å². The Morgan fingerprint density at radius 3 is 2.94 bits per heavy atom. The lowest BCUT2D eigenvalue weighted by Gasteiger charge is -2.30. The second-order valence-electron chi connectivity index (χ2n) is 5.05. The minimum Gasteiger partial charge on any atom is -0.316 e. The first-order chi connectivity index (χ1) is 7.77. The van der Waals surface area contributed by atoms with Crippen molar-refractivity contribution in [3.63, 3.8) is 0 Å². The van der Waals surface area contributed by atoms with Gasteiger partial charge in [-0.3, -0.25) is 4.90 Å². The van der Waals surface area contributed by atoms with Gasteiger partial charge in [-0.2, -0.15) is 0 Å². The molecule has 1 rings (SSSR count). The Balaban J connectivity index is 2.21. The van der Waals surface area contributed by atoms with Gasteiger partial charge in [0.15, 0.2) is 0 Å². The highest BCUT2D eigenvalue weighted by molar-refractivity contribution is 4.77. The molecule has 16 heavy (non-hydrogen) atoms. The molecule has 1 heterocycles. The standard InChI is InChI=1S/C14H28N2/c1-4-10-16(5-2)11-8-13(3)14-7-6-9-15-12-14/h4,13-15H,1,5-12H2,2-3H3. The normalized spacial score (nSPS) is 23.3. The van der Waals surface area contributed by atoms with Gasteiger partial charge >= 0.3 is 0 Å². The average Bonchev–Trinajstić information content (AvgIpc) is 2.35. The van der Waals surface area contributed by atoms with E-state index < -0.39 is 0 Å². The third-order valence-corrected chi connectivity index (χ3v) is 3.87. The molecule has 0 bridgehead atoms. The fourth-order valence-electron chi connectivity index (χ4n) is 2.55. The lowest BCUT2D eigenvalue weighted by atomic mass is 9.85. The van der Waals surface area contributed by atoms with E-state index in [9.17, 15) is 0 Å². The Kier molecular flexibility index (Phi) is 6.74. The Labute approximate surface area is 101 Å². The molecule has 1 saturated heterocycles. The summed E-state index contributed by atoms with van der Waals surface area (Å²) in [5.41, 5.74) is 0. The lowest BCUT2D eigenvalue weighted by Crippen LogP contribution is -2.35. The smallest absolute Gasteiger partial charge is 0.0160 e. The summed E-state index contributed by atoms with van der Waals surface area (Å²) in [7, 11) is 0. The molecule has 2 nitrogen and oxygen atoms in total. The molecule has 1 N–H and O–H groups in total. The maximum atomic E-state index is 3.81. The summed E-state index contributed by atoms with van der Waals surface area (Å²) in [5.74, 6) is 1.75. The zero-order valence-corrected chi connectivity index (χ0v) is 11.0. The fraction of sp³-hybridized carbons (Fsp3) is 0.857. The highest BCUT2D eigenvalue weighted by Gasteiger charge is 2.19. The maximum Gasteiger partial charge on any atom is 0.0160 e. The monoisotopic (exact) mass is 224 g/mol. The molecule has 1 aliphatic rings. The number of rotatable bonds is 7. The van der Waals surface area contributed by atoms with Gasteiger partial charge in [0.05, 0.1) is 0 Å². The quantitative estimate of drug-likeness (QED) is 0.669. The van der Waals surface area contributed by atoms with Crippen LogP contribution in [0.2, 0.25) is 0 Å². The SMILES string of the molecule is C=CCN(CC)CCC(C)C1CCCNC1. The van der Waals surface area contributed by atoms with Crippen LogP contribution in [0.5, 0.6) is 0 Å². The third kappa shape index (κ3) is 4.67. The fourth-order valence-corrected chi connectivity index (χ4v) is 2.55. The van der Waals surface area contributed by atoms with Crippen LogP contribution >= 0.6 is 0 Å².